The van der Waals surface area contributed by atoms with E-state index in [9.17, 15) is 4.79 Å². The van der Waals surface area contributed by atoms with Crippen LogP contribution < -0.4 is 4.90 Å². The monoisotopic (exact) mass is 422 g/mol. The van der Waals surface area contributed by atoms with E-state index in [4.69, 9.17) is 9.97 Å². The second-order valence-corrected chi connectivity index (χ2v) is 9.09. The van der Waals surface area contributed by atoms with Gasteiger partial charge in [-0.1, -0.05) is 6.92 Å². The van der Waals surface area contributed by atoms with Crippen molar-refractivity contribution < 1.29 is 4.79 Å². The van der Waals surface area contributed by atoms with Crippen molar-refractivity contribution in [1.82, 2.24) is 24.8 Å². The molecule has 8 heteroatoms. The Morgan fingerprint density at radius 1 is 1.10 bits per heavy atom. The molecule has 2 aliphatic rings. The van der Waals surface area contributed by atoms with E-state index in [0.29, 0.717) is 18.1 Å². The maximum atomic E-state index is 12.9. The predicted octanol–water partition coefficient (Wildman–Crippen LogP) is 3.48. The highest BCUT2D eigenvalue weighted by Crippen LogP contribution is 2.40. The van der Waals surface area contributed by atoms with Crippen molar-refractivity contribution in [2.75, 3.05) is 31.1 Å². The van der Waals surface area contributed by atoms with Gasteiger partial charge in [0.25, 0.3) is 0 Å². The van der Waals surface area contributed by atoms with Crippen LogP contribution >= 0.6 is 11.3 Å². The Balaban J connectivity index is 1.63. The molecule has 1 fully saturated rings. The molecule has 7 nitrogen and oxygen atoms in total. The Bertz CT molecular complexity index is 1070. The minimum atomic E-state index is 0.186. The van der Waals surface area contributed by atoms with Crippen molar-refractivity contribution in [3.05, 3.63) is 29.0 Å². The largest absolute Gasteiger partial charge is 0.347 e. The SMILES string of the molecule is CCCN1CCCN(c2nc(-c3cnccn3)nc3sc4c(c23)CCCC4)CC1=O. The van der Waals surface area contributed by atoms with Gasteiger partial charge in [0.15, 0.2) is 5.82 Å². The zero-order valence-corrected chi connectivity index (χ0v) is 18.1. The molecule has 0 N–H and O–H groups in total. The maximum Gasteiger partial charge on any atom is 0.242 e. The zero-order valence-electron chi connectivity index (χ0n) is 17.3. The number of aromatic nitrogens is 4. The van der Waals surface area contributed by atoms with Gasteiger partial charge in [-0.3, -0.25) is 9.78 Å². The van der Waals surface area contributed by atoms with Crippen LogP contribution in [0.3, 0.4) is 0 Å². The molecule has 0 saturated carbocycles. The van der Waals surface area contributed by atoms with Crippen molar-refractivity contribution in [3.8, 4) is 11.5 Å². The lowest BCUT2D eigenvalue weighted by molar-refractivity contribution is -0.129. The second kappa shape index (κ2) is 8.26. The Kier molecular flexibility index (Phi) is 5.33. The predicted molar refractivity (Wildman–Crippen MR) is 119 cm³/mol. The Morgan fingerprint density at radius 3 is 2.83 bits per heavy atom. The molecule has 0 aromatic carbocycles. The lowest BCUT2D eigenvalue weighted by Gasteiger charge is -2.24. The third-order valence-corrected chi connectivity index (χ3v) is 7.10. The van der Waals surface area contributed by atoms with Crippen molar-refractivity contribution >= 4 is 33.3 Å². The van der Waals surface area contributed by atoms with Gasteiger partial charge in [0, 0.05) is 36.9 Å². The van der Waals surface area contributed by atoms with Crippen LogP contribution in [0.2, 0.25) is 0 Å². The summed E-state index contributed by atoms with van der Waals surface area (Å²) in [6.45, 7) is 4.95. The molecule has 156 valence electrons. The van der Waals surface area contributed by atoms with E-state index in [1.165, 1.54) is 23.3 Å². The van der Waals surface area contributed by atoms with E-state index >= 15 is 0 Å². The first-order chi connectivity index (χ1) is 14.7. The Morgan fingerprint density at radius 2 is 2.00 bits per heavy atom. The Labute approximate surface area is 180 Å². The molecule has 0 unspecified atom stereocenters. The first-order valence-corrected chi connectivity index (χ1v) is 11.7. The summed E-state index contributed by atoms with van der Waals surface area (Å²) in [5.41, 5.74) is 2.06. The Hall–Kier alpha value is -2.61. The summed E-state index contributed by atoms with van der Waals surface area (Å²) in [4.78, 5) is 38.0. The fraction of sp³-hybridized carbons (Fsp3) is 0.500. The van der Waals surface area contributed by atoms with Gasteiger partial charge in [0.05, 0.1) is 18.1 Å². The molecule has 3 aromatic heterocycles. The smallest absolute Gasteiger partial charge is 0.242 e. The first-order valence-electron chi connectivity index (χ1n) is 10.9. The van der Waals surface area contributed by atoms with Gasteiger partial charge in [0.1, 0.15) is 16.3 Å². The summed E-state index contributed by atoms with van der Waals surface area (Å²) in [7, 11) is 0. The molecular formula is C22H26N6OS. The van der Waals surface area contributed by atoms with Crippen LogP contribution in [0.15, 0.2) is 18.6 Å². The topological polar surface area (TPSA) is 75.1 Å². The van der Waals surface area contributed by atoms with Crippen molar-refractivity contribution in [2.45, 2.75) is 45.4 Å². The van der Waals surface area contributed by atoms with Crippen LogP contribution in [-0.4, -0.2) is 56.9 Å². The number of carbonyl (C=O) groups is 1. The molecule has 5 rings (SSSR count). The highest BCUT2D eigenvalue weighted by molar-refractivity contribution is 7.19. The van der Waals surface area contributed by atoms with Crippen molar-refractivity contribution in [2.24, 2.45) is 0 Å². The number of amides is 1. The number of nitrogens with zero attached hydrogens (tertiary/aromatic N) is 6. The summed E-state index contributed by atoms with van der Waals surface area (Å²) in [5, 5.41) is 1.15. The average Bonchev–Trinajstić information content (AvgIpc) is 3.06. The number of carbonyl (C=O) groups excluding carboxylic acids is 1. The summed E-state index contributed by atoms with van der Waals surface area (Å²) in [5.74, 6) is 1.67. The number of anilines is 1. The number of thiophene rings is 1. The fourth-order valence-corrected chi connectivity index (χ4v) is 5.76. The van der Waals surface area contributed by atoms with Crippen LogP contribution in [0.1, 0.15) is 43.0 Å². The fourth-order valence-electron chi connectivity index (χ4n) is 4.50. The summed E-state index contributed by atoms with van der Waals surface area (Å²) in [6.07, 6.45) is 11.6. The third-order valence-electron chi connectivity index (χ3n) is 5.92. The van der Waals surface area contributed by atoms with Gasteiger partial charge < -0.3 is 9.80 Å². The van der Waals surface area contributed by atoms with Gasteiger partial charge in [-0.05, 0) is 44.1 Å². The molecule has 0 atom stereocenters. The summed E-state index contributed by atoms with van der Waals surface area (Å²) < 4.78 is 0. The van der Waals surface area contributed by atoms with Crippen molar-refractivity contribution in [1.29, 1.82) is 0 Å². The molecule has 0 bridgehead atoms. The molecule has 30 heavy (non-hydrogen) atoms. The van der Waals surface area contributed by atoms with E-state index in [-0.39, 0.29) is 5.91 Å². The van der Waals surface area contributed by atoms with Crippen LogP contribution in [-0.2, 0) is 17.6 Å². The second-order valence-electron chi connectivity index (χ2n) is 8.01. The standard InChI is InChI=1S/C22H26N6OS/c1-2-10-27-11-5-12-28(14-18(27)29)21-19-15-6-3-4-7-17(15)30-22(19)26-20(25-21)16-13-23-8-9-24-16/h8-9,13H,2-7,10-12,14H2,1H3. The molecule has 1 aliphatic carbocycles. The molecule has 0 spiro atoms. The summed E-state index contributed by atoms with van der Waals surface area (Å²) in [6, 6.07) is 0. The lowest BCUT2D eigenvalue weighted by Crippen LogP contribution is -2.37. The maximum absolute atomic E-state index is 12.9. The lowest BCUT2D eigenvalue weighted by atomic mass is 9.97. The quantitative estimate of drug-likeness (QED) is 0.641. The third kappa shape index (κ3) is 3.53. The molecule has 1 aliphatic heterocycles. The highest BCUT2D eigenvalue weighted by Gasteiger charge is 2.28. The van der Waals surface area contributed by atoms with E-state index < -0.39 is 0 Å². The molecule has 1 amide bonds. The number of hydrogen-bond donors (Lipinski definition) is 0. The average molecular weight is 423 g/mol. The van der Waals surface area contributed by atoms with Crippen molar-refractivity contribution in [3.63, 3.8) is 0 Å². The van der Waals surface area contributed by atoms with Gasteiger partial charge in [-0.25, -0.2) is 15.0 Å². The number of rotatable bonds is 4. The number of aryl methyl sites for hydroxylation is 2. The molecule has 4 heterocycles. The van der Waals surface area contributed by atoms with Crippen LogP contribution in [0.25, 0.3) is 21.7 Å². The molecular weight excluding hydrogens is 396 g/mol. The van der Waals surface area contributed by atoms with E-state index in [1.807, 2.05) is 4.90 Å². The van der Waals surface area contributed by atoms with E-state index in [2.05, 4.69) is 21.8 Å². The molecule has 1 saturated heterocycles. The van der Waals surface area contributed by atoms with Gasteiger partial charge >= 0.3 is 0 Å². The van der Waals surface area contributed by atoms with E-state index in [0.717, 1.165) is 61.4 Å². The van der Waals surface area contributed by atoms with E-state index in [1.54, 1.807) is 29.9 Å². The number of fused-ring (bicyclic) bond motifs is 3. The van der Waals surface area contributed by atoms with Crippen LogP contribution in [0, 0.1) is 0 Å². The minimum Gasteiger partial charge on any atom is -0.347 e. The zero-order chi connectivity index (χ0) is 20.5. The molecule has 0 radical (unpaired) electrons. The summed E-state index contributed by atoms with van der Waals surface area (Å²) >= 11 is 1.78. The number of hydrogen-bond acceptors (Lipinski definition) is 7. The van der Waals surface area contributed by atoms with Gasteiger partial charge in [-0.15, -0.1) is 11.3 Å². The van der Waals surface area contributed by atoms with Gasteiger partial charge in [0.2, 0.25) is 5.91 Å². The van der Waals surface area contributed by atoms with Gasteiger partial charge in [-0.2, -0.15) is 0 Å². The van der Waals surface area contributed by atoms with Crippen LogP contribution in [0.4, 0.5) is 5.82 Å². The minimum absolute atomic E-state index is 0.186. The first kappa shape index (κ1) is 19.4. The highest BCUT2D eigenvalue weighted by atomic mass is 32.1. The normalized spacial score (nSPS) is 17.3. The molecule has 3 aromatic rings. The van der Waals surface area contributed by atoms with Crippen LogP contribution in [0.5, 0.6) is 0 Å².